The lowest BCUT2D eigenvalue weighted by atomic mass is 10.2. The Balaban J connectivity index is 1.83. The second-order valence-corrected chi connectivity index (χ2v) is 7.32. The van der Waals surface area contributed by atoms with Gasteiger partial charge in [0.15, 0.2) is 0 Å². The quantitative estimate of drug-likeness (QED) is 0.533. The van der Waals surface area contributed by atoms with E-state index in [1.165, 1.54) is 14.2 Å². The van der Waals surface area contributed by atoms with Crippen LogP contribution in [0.5, 0.6) is 11.5 Å². The molecule has 0 unspecified atom stereocenters. The molecule has 0 spiro atoms. The minimum atomic E-state index is -0.342. The van der Waals surface area contributed by atoms with Gasteiger partial charge in [-0.05, 0) is 49.6 Å². The maximum Gasteiger partial charge on any atom is 0.258 e. The van der Waals surface area contributed by atoms with Crippen molar-refractivity contribution in [1.29, 1.82) is 0 Å². The predicted octanol–water partition coefficient (Wildman–Crippen LogP) is 4.04. The van der Waals surface area contributed by atoms with E-state index >= 15 is 0 Å². The van der Waals surface area contributed by atoms with E-state index in [9.17, 15) is 4.79 Å². The van der Waals surface area contributed by atoms with Gasteiger partial charge in [0.1, 0.15) is 11.5 Å². The van der Waals surface area contributed by atoms with Crippen LogP contribution >= 0.6 is 11.6 Å². The number of aliphatic imine (C=N–C) groups is 1. The van der Waals surface area contributed by atoms with Gasteiger partial charge in [-0.15, -0.1) is 0 Å². The Bertz CT molecular complexity index is 904. The Hall–Kier alpha value is -2.77. The summed E-state index contributed by atoms with van der Waals surface area (Å²) in [4.78, 5) is 17.5. The fourth-order valence-electron chi connectivity index (χ4n) is 3.08. The number of amides is 1. The Morgan fingerprint density at radius 2 is 1.97 bits per heavy atom. The molecule has 1 amide bonds. The molecule has 8 heteroatoms. The summed E-state index contributed by atoms with van der Waals surface area (Å²) in [5.74, 6) is 1.03. The Morgan fingerprint density at radius 3 is 2.60 bits per heavy atom. The molecule has 2 N–H and O–H groups in total. The molecule has 30 heavy (non-hydrogen) atoms. The largest absolute Gasteiger partial charge is 0.497 e. The minimum Gasteiger partial charge on any atom is -0.497 e. The number of methoxy groups -OCH3 is 2. The van der Waals surface area contributed by atoms with Crippen LogP contribution < -0.4 is 20.1 Å². The molecule has 0 bridgehead atoms. The first-order valence-electron chi connectivity index (χ1n) is 9.72. The van der Waals surface area contributed by atoms with Gasteiger partial charge in [0, 0.05) is 28.9 Å². The van der Waals surface area contributed by atoms with Crippen molar-refractivity contribution in [2.24, 2.45) is 4.99 Å². The van der Waals surface area contributed by atoms with Crippen molar-refractivity contribution in [2.45, 2.75) is 25.9 Å². The van der Waals surface area contributed by atoms with E-state index in [4.69, 9.17) is 25.8 Å². The fraction of sp³-hybridized carbons (Fsp3) is 0.364. The summed E-state index contributed by atoms with van der Waals surface area (Å²) in [6.45, 7) is 3.09. The smallest absolute Gasteiger partial charge is 0.258 e. The number of nitrogens with zero attached hydrogens (tertiary/aromatic N) is 1. The van der Waals surface area contributed by atoms with E-state index in [-0.39, 0.29) is 12.0 Å². The number of anilines is 1. The highest BCUT2D eigenvalue weighted by Gasteiger charge is 2.17. The molecule has 1 heterocycles. The van der Waals surface area contributed by atoms with Crippen LogP contribution in [0.4, 0.5) is 5.69 Å². The summed E-state index contributed by atoms with van der Waals surface area (Å²) in [6, 6.07) is 10.5. The highest BCUT2D eigenvalue weighted by atomic mass is 35.5. The highest BCUT2D eigenvalue weighted by Crippen LogP contribution is 2.24. The molecule has 1 aliphatic rings. The zero-order valence-electron chi connectivity index (χ0n) is 17.3. The summed E-state index contributed by atoms with van der Waals surface area (Å²) < 4.78 is 16.2. The number of carbonyl (C=O) groups is 1. The topological polar surface area (TPSA) is 81.2 Å². The van der Waals surface area contributed by atoms with E-state index in [1.807, 2.05) is 25.1 Å². The molecular weight excluding hydrogens is 406 g/mol. The van der Waals surface area contributed by atoms with Crippen LogP contribution in [-0.4, -0.2) is 45.3 Å². The number of halogens is 1. The first-order chi connectivity index (χ1) is 14.5. The number of ether oxygens (including phenoxy) is 3. The lowest BCUT2D eigenvalue weighted by molar-refractivity contribution is 0.0975. The molecule has 3 rings (SSSR count). The van der Waals surface area contributed by atoms with Gasteiger partial charge in [0.05, 0.1) is 26.9 Å². The first-order valence-corrected chi connectivity index (χ1v) is 10.1. The van der Waals surface area contributed by atoms with Crippen molar-refractivity contribution in [3.05, 3.63) is 52.5 Å². The van der Waals surface area contributed by atoms with Gasteiger partial charge in [-0.3, -0.25) is 10.1 Å². The molecular formula is C22H26ClN3O4. The van der Waals surface area contributed by atoms with Crippen molar-refractivity contribution in [1.82, 2.24) is 5.32 Å². The summed E-state index contributed by atoms with van der Waals surface area (Å²) in [5.41, 5.74) is 2.01. The Kier molecular flexibility index (Phi) is 7.54. The average Bonchev–Trinajstić information content (AvgIpc) is 3.28. The van der Waals surface area contributed by atoms with Crippen LogP contribution in [0.1, 0.15) is 28.8 Å². The van der Waals surface area contributed by atoms with Crippen molar-refractivity contribution in [3.63, 3.8) is 0 Å². The van der Waals surface area contributed by atoms with Gasteiger partial charge in [0.25, 0.3) is 5.91 Å². The molecule has 1 aliphatic heterocycles. The molecule has 2 aromatic carbocycles. The SMILES string of the molecule is COc1cc(OC)cc(C(=O)NC(=NC[C@H]2CCCO2)Nc2cccc(Cl)c2C)c1. The number of benzene rings is 2. The second-order valence-electron chi connectivity index (χ2n) is 6.92. The third-order valence-corrected chi connectivity index (χ3v) is 5.25. The third-order valence-electron chi connectivity index (χ3n) is 4.84. The maximum absolute atomic E-state index is 12.9. The number of nitrogens with one attached hydrogen (secondary N) is 2. The van der Waals surface area contributed by atoms with E-state index in [2.05, 4.69) is 15.6 Å². The van der Waals surface area contributed by atoms with Crippen LogP contribution in [0.3, 0.4) is 0 Å². The molecule has 160 valence electrons. The number of carbonyl (C=O) groups excluding carboxylic acids is 1. The number of guanidine groups is 1. The maximum atomic E-state index is 12.9. The normalized spacial score (nSPS) is 16.3. The van der Waals surface area contributed by atoms with E-state index < -0.39 is 0 Å². The lowest BCUT2D eigenvalue weighted by Crippen LogP contribution is -2.37. The van der Waals surface area contributed by atoms with Gasteiger partial charge < -0.3 is 19.5 Å². The Morgan fingerprint density at radius 1 is 1.23 bits per heavy atom. The summed E-state index contributed by atoms with van der Waals surface area (Å²) in [6.07, 6.45) is 2.02. The van der Waals surface area contributed by atoms with E-state index in [1.54, 1.807) is 18.2 Å². The van der Waals surface area contributed by atoms with Crippen molar-refractivity contribution < 1.29 is 19.0 Å². The molecule has 0 saturated carbocycles. The van der Waals surface area contributed by atoms with E-state index in [0.29, 0.717) is 34.6 Å². The van der Waals surface area contributed by atoms with Gasteiger partial charge >= 0.3 is 0 Å². The summed E-state index contributed by atoms with van der Waals surface area (Å²) in [7, 11) is 3.07. The standard InChI is InChI=1S/C22H26ClN3O4/c1-14-19(23)7-4-8-20(14)25-22(24-13-16-6-5-9-30-16)26-21(27)15-10-17(28-2)12-18(11-15)29-3/h4,7-8,10-12,16H,5-6,9,13H2,1-3H3,(H2,24,25,26,27)/t16-/m1/s1. The molecule has 7 nitrogen and oxygen atoms in total. The zero-order chi connectivity index (χ0) is 21.5. The molecule has 0 aliphatic carbocycles. The summed E-state index contributed by atoms with van der Waals surface area (Å²) >= 11 is 6.23. The Labute approximate surface area is 181 Å². The number of hydrogen-bond acceptors (Lipinski definition) is 5. The lowest BCUT2D eigenvalue weighted by Gasteiger charge is -2.16. The summed E-state index contributed by atoms with van der Waals surface area (Å²) in [5, 5.41) is 6.66. The molecule has 2 aromatic rings. The monoisotopic (exact) mass is 431 g/mol. The van der Waals surface area contributed by atoms with Gasteiger partial charge in [0.2, 0.25) is 5.96 Å². The molecule has 1 saturated heterocycles. The molecule has 1 atom stereocenters. The highest BCUT2D eigenvalue weighted by molar-refractivity contribution is 6.31. The third kappa shape index (κ3) is 5.64. The van der Waals surface area contributed by atoms with Crippen LogP contribution in [-0.2, 0) is 4.74 Å². The van der Waals surface area contributed by atoms with Crippen LogP contribution in [0, 0.1) is 6.92 Å². The van der Waals surface area contributed by atoms with Crippen molar-refractivity contribution in [3.8, 4) is 11.5 Å². The zero-order valence-corrected chi connectivity index (χ0v) is 18.1. The number of hydrogen-bond donors (Lipinski definition) is 2. The first kappa shape index (κ1) is 21.9. The minimum absolute atomic E-state index is 0.0519. The van der Waals surface area contributed by atoms with E-state index in [0.717, 1.165) is 30.7 Å². The van der Waals surface area contributed by atoms with Gasteiger partial charge in [-0.25, -0.2) is 4.99 Å². The van der Waals surface area contributed by atoms with Crippen molar-refractivity contribution in [2.75, 3.05) is 32.7 Å². The second kappa shape index (κ2) is 10.3. The van der Waals surface area contributed by atoms with Crippen LogP contribution in [0.15, 0.2) is 41.4 Å². The van der Waals surface area contributed by atoms with Gasteiger partial charge in [-0.1, -0.05) is 17.7 Å². The molecule has 0 aromatic heterocycles. The van der Waals surface area contributed by atoms with Crippen molar-refractivity contribution >= 4 is 29.2 Å². The van der Waals surface area contributed by atoms with Gasteiger partial charge in [-0.2, -0.15) is 0 Å². The average molecular weight is 432 g/mol. The predicted molar refractivity (Wildman–Crippen MR) is 118 cm³/mol. The molecule has 1 fully saturated rings. The fourth-order valence-corrected chi connectivity index (χ4v) is 3.25. The van der Waals surface area contributed by atoms with Crippen LogP contribution in [0.25, 0.3) is 0 Å². The molecule has 0 radical (unpaired) electrons. The number of rotatable bonds is 6. The van der Waals surface area contributed by atoms with Crippen LogP contribution in [0.2, 0.25) is 5.02 Å².